The van der Waals surface area contributed by atoms with Crippen LogP contribution in [-0.2, 0) is 16.6 Å². The predicted molar refractivity (Wildman–Crippen MR) is 155 cm³/mol. The van der Waals surface area contributed by atoms with E-state index in [-0.39, 0.29) is 12.5 Å². The maximum atomic E-state index is 13.2. The molecule has 5 rings (SSSR count). The van der Waals surface area contributed by atoms with E-state index in [9.17, 15) is 13.2 Å². The number of hydrogen-bond acceptors (Lipinski definition) is 5. The molecule has 1 heterocycles. The first kappa shape index (κ1) is 25.5. The number of nitrogens with one attached hydrogen (secondary N) is 1. The largest absolute Gasteiger partial charge is 0.455 e. The zero-order valence-electron chi connectivity index (χ0n) is 20.9. The van der Waals surface area contributed by atoms with Crippen LogP contribution in [0.2, 0.25) is 0 Å². The molecule has 0 bridgehead atoms. The average Bonchev–Trinajstić information content (AvgIpc) is 3.33. The molecule has 8 heteroatoms. The van der Waals surface area contributed by atoms with Crippen LogP contribution in [0.3, 0.4) is 0 Å². The summed E-state index contributed by atoms with van der Waals surface area (Å²) >= 11 is 1.35. The highest BCUT2D eigenvalue weighted by atomic mass is 32.2. The summed E-state index contributed by atoms with van der Waals surface area (Å²) in [5, 5.41) is 3.74. The third-order valence-electron chi connectivity index (χ3n) is 5.97. The van der Waals surface area contributed by atoms with E-state index in [2.05, 4.69) is 5.32 Å². The number of ether oxygens (including phenoxy) is 1. The van der Waals surface area contributed by atoms with Crippen LogP contribution in [0.15, 0.2) is 103 Å². The van der Waals surface area contributed by atoms with E-state index < -0.39 is 10.0 Å². The molecular weight excluding hydrogens is 516 g/mol. The molecule has 0 spiro atoms. The van der Waals surface area contributed by atoms with Crippen molar-refractivity contribution in [2.45, 2.75) is 13.5 Å². The molecule has 192 valence electrons. The van der Waals surface area contributed by atoms with Crippen molar-refractivity contribution in [2.24, 2.45) is 0 Å². The van der Waals surface area contributed by atoms with E-state index in [1.165, 1.54) is 21.9 Å². The monoisotopic (exact) mass is 542 g/mol. The molecule has 1 amide bonds. The topological polar surface area (TPSA) is 75.7 Å². The summed E-state index contributed by atoms with van der Waals surface area (Å²) in [5.74, 6) is 0.941. The lowest BCUT2D eigenvalue weighted by Gasteiger charge is -2.22. The molecule has 4 aromatic carbocycles. The van der Waals surface area contributed by atoms with Gasteiger partial charge < -0.3 is 10.1 Å². The van der Waals surface area contributed by atoms with Gasteiger partial charge in [0.1, 0.15) is 5.75 Å². The SMILES string of the molecule is Cc1ccc(CN(c2ccc3sc(C(=O)Nc4ccccc4Oc4ccccc4)cc3c2)S(C)(=O)=O)cc1. The summed E-state index contributed by atoms with van der Waals surface area (Å²) in [5.41, 5.74) is 3.11. The number of benzene rings is 4. The molecule has 38 heavy (non-hydrogen) atoms. The molecule has 5 aromatic rings. The van der Waals surface area contributed by atoms with Crippen LogP contribution in [0.5, 0.6) is 11.5 Å². The minimum atomic E-state index is -3.53. The fourth-order valence-corrected chi connectivity index (χ4v) is 5.83. The molecule has 0 aliphatic heterocycles. The summed E-state index contributed by atoms with van der Waals surface area (Å²) < 4.78 is 33.6. The smallest absolute Gasteiger partial charge is 0.265 e. The van der Waals surface area contributed by atoms with Gasteiger partial charge in [-0.15, -0.1) is 11.3 Å². The van der Waals surface area contributed by atoms with E-state index in [0.29, 0.717) is 27.8 Å². The molecule has 0 aliphatic carbocycles. The van der Waals surface area contributed by atoms with Gasteiger partial charge in [0.2, 0.25) is 10.0 Å². The molecule has 6 nitrogen and oxygen atoms in total. The number of carbonyl (C=O) groups is 1. The Balaban J connectivity index is 1.39. The highest BCUT2D eigenvalue weighted by molar-refractivity contribution is 7.92. The summed E-state index contributed by atoms with van der Waals surface area (Å²) in [7, 11) is -3.53. The van der Waals surface area contributed by atoms with Crippen molar-refractivity contribution in [2.75, 3.05) is 15.9 Å². The van der Waals surface area contributed by atoms with Crippen LogP contribution in [0.4, 0.5) is 11.4 Å². The number of para-hydroxylation sites is 3. The normalized spacial score (nSPS) is 11.3. The van der Waals surface area contributed by atoms with Crippen molar-refractivity contribution in [1.82, 2.24) is 0 Å². The number of fused-ring (bicyclic) bond motifs is 1. The second-order valence-electron chi connectivity index (χ2n) is 8.95. The number of rotatable bonds is 8. The molecule has 1 aromatic heterocycles. The van der Waals surface area contributed by atoms with Crippen LogP contribution < -0.4 is 14.4 Å². The summed E-state index contributed by atoms with van der Waals surface area (Å²) in [6.45, 7) is 2.21. The first-order valence-electron chi connectivity index (χ1n) is 12.0. The van der Waals surface area contributed by atoms with Crippen LogP contribution in [-0.4, -0.2) is 20.6 Å². The third-order valence-corrected chi connectivity index (χ3v) is 8.22. The van der Waals surface area contributed by atoms with E-state index in [1.807, 2.05) is 85.8 Å². The number of anilines is 2. The molecule has 0 aliphatic rings. The average molecular weight is 543 g/mol. The van der Waals surface area contributed by atoms with Crippen molar-refractivity contribution < 1.29 is 17.9 Å². The van der Waals surface area contributed by atoms with Crippen molar-refractivity contribution in [3.05, 3.63) is 119 Å². The van der Waals surface area contributed by atoms with E-state index in [0.717, 1.165) is 21.2 Å². The number of sulfonamides is 1. The van der Waals surface area contributed by atoms with Crippen LogP contribution in [0.25, 0.3) is 10.1 Å². The summed E-state index contributed by atoms with van der Waals surface area (Å²) in [6, 6.07) is 31.6. The van der Waals surface area contributed by atoms with Gasteiger partial charge in [-0.05, 0) is 66.4 Å². The first-order chi connectivity index (χ1) is 18.3. The lowest BCUT2D eigenvalue weighted by atomic mass is 10.1. The molecule has 0 unspecified atom stereocenters. The number of hydrogen-bond donors (Lipinski definition) is 1. The predicted octanol–water partition coefficient (Wildman–Crippen LogP) is 7.22. The zero-order valence-corrected chi connectivity index (χ0v) is 22.6. The summed E-state index contributed by atoms with van der Waals surface area (Å²) in [4.78, 5) is 13.7. The Morgan fingerprint density at radius 2 is 1.61 bits per heavy atom. The lowest BCUT2D eigenvalue weighted by molar-refractivity contribution is 0.103. The number of nitrogens with zero attached hydrogens (tertiary/aromatic N) is 1. The second kappa shape index (κ2) is 10.7. The molecule has 0 saturated carbocycles. The number of carbonyl (C=O) groups excluding carboxylic acids is 1. The molecule has 0 saturated heterocycles. The Hall–Kier alpha value is -4.14. The Kier molecular flexibility index (Phi) is 7.18. The van der Waals surface area contributed by atoms with E-state index in [1.54, 1.807) is 24.3 Å². The van der Waals surface area contributed by atoms with Gasteiger partial charge in [-0.2, -0.15) is 0 Å². The number of thiophene rings is 1. The minimum Gasteiger partial charge on any atom is -0.455 e. The van der Waals surface area contributed by atoms with Gasteiger partial charge >= 0.3 is 0 Å². The number of amides is 1. The molecule has 0 fully saturated rings. The molecule has 0 atom stereocenters. The van der Waals surface area contributed by atoms with E-state index in [4.69, 9.17) is 4.74 Å². The van der Waals surface area contributed by atoms with Gasteiger partial charge in [-0.3, -0.25) is 9.10 Å². The van der Waals surface area contributed by atoms with Gasteiger partial charge in [0.15, 0.2) is 5.75 Å². The van der Waals surface area contributed by atoms with Crippen LogP contribution >= 0.6 is 11.3 Å². The van der Waals surface area contributed by atoms with Gasteiger partial charge in [-0.25, -0.2) is 8.42 Å². The number of aryl methyl sites for hydroxylation is 1. The fourth-order valence-electron chi connectivity index (χ4n) is 4.02. The standard InChI is InChI=1S/C30H26N2O4S2/c1-21-12-14-22(15-13-21)20-32(38(2,34)35)24-16-17-28-23(18-24)19-29(37-28)30(33)31-26-10-6-7-11-27(26)36-25-8-4-3-5-9-25/h3-19H,20H2,1-2H3,(H,31,33). The molecule has 0 radical (unpaired) electrons. The van der Waals surface area contributed by atoms with Gasteiger partial charge in [0, 0.05) is 4.70 Å². The Bertz CT molecular complexity index is 1700. The fraction of sp³-hybridized carbons (Fsp3) is 0.100. The minimum absolute atomic E-state index is 0.223. The highest BCUT2D eigenvalue weighted by Gasteiger charge is 2.20. The molecular formula is C30H26N2O4S2. The van der Waals surface area contributed by atoms with Gasteiger partial charge in [-0.1, -0.05) is 60.2 Å². The maximum absolute atomic E-state index is 13.2. The summed E-state index contributed by atoms with van der Waals surface area (Å²) in [6.07, 6.45) is 1.20. The van der Waals surface area contributed by atoms with Crippen LogP contribution in [0.1, 0.15) is 20.8 Å². The van der Waals surface area contributed by atoms with Crippen molar-refractivity contribution in [1.29, 1.82) is 0 Å². The van der Waals surface area contributed by atoms with Crippen molar-refractivity contribution in [3.63, 3.8) is 0 Å². The van der Waals surface area contributed by atoms with Crippen molar-refractivity contribution in [3.8, 4) is 11.5 Å². The van der Waals surface area contributed by atoms with E-state index >= 15 is 0 Å². The second-order valence-corrected chi connectivity index (χ2v) is 11.9. The third kappa shape index (κ3) is 5.88. The first-order valence-corrected chi connectivity index (χ1v) is 14.6. The maximum Gasteiger partial charge on any atom is 0.265 e. The molecule has 1 N–H and O–H groups in total. The highest BCUT2D eigenvalue weighted by Crippen LogP contribution is 2.33. The van der Waals surface area contributed by atoms with Crippen molar-refractivity contribution >= 4 is 48.7 Å². The van der Waals surface area contributed by atoms with Crippen LogP contribution in [0, 0.1) is 6.92 Å². The Morgan fingerprint density at radius 3 is 2.34 bits per heavy atom. The quantitative estimate of drug-likeness (QED) is 0.225. The van der Waals surface area contributed by atoms with Gasteiger partial charge in [0.05, 0.1) is 29.1 Å². The Morgan fingerprint density at radius 1 is 0.895 bits per heavy atom. The zero-order chi connectivity index (χ0) is 26.7. The lowest BCUT2D eigenvalue weighted by Crippen LogP contribution is -2.29. The van der Waals surface area contributed by atoms with Gasteiger partial charge in [0.25, 0.3) is 5.91 Å². The Labute approximate surface area is 226 Å².